The lowest BCUT2D eigenvalue weighted by Gasteiger charge is -1.99. The number of para-hydroxylation sites is 2. The molecule has 0 aliphatic rings. The Morgan fingerprint density at radius 1 is 1.06 bits per heavy atom. The second-order valence-electron chi connectivity index (χ2n) is 4.09. The van der Waals surface area contributed by atoms with Gasteiger partial charge < -0.3 is 10.7 Å². The number of rotatable bonds is 3. The van der Waals surface area contributed by atoms with E-state index in [4.69, 9.17) is 5.73 Å². The molecule has 0 radical (unpaired) electrons. The molecule has 3 rings (SSSR count). The van der Waals surface area contributed by atoms with Crippen LogP contribution in [0.3, 0.4) is 0 Å². The van der Waals surface area contributed by atoms with E-state index in [-0.39, 0.29) is 0 Å². The van der Waals surface area contributed by atoms with Gasteiger partial charge in [-0.15, -0.1) is 0 Å². The number of aromatic nitrogens is 2. The van der Waals surface area contributed by atoms with Crippen LogP contribution in [0.1, 0.15) is 5.56 Å². The molecular formula is C14H13N3S. The molecule has 0 saturated heterocycles. The van der Waals surface area contributed by atoms with Gasteiger partial charge in [-0.1, -0.05) is 36.0 Å². The monoisotopic (exact) mass is 255 g/mol. The summed E-state index contributed by atoms with van der Waals surface area (Å²) < 4.78 is 0. The number of thioether (sulfide) groups is 1. The number of nitrogens with one attached hydrogen (secondary N) is 1. The predicted molar refractivity (Wildman–Crippen MR) is 76.5 cm³/mol. The van der Waals surface area contributed by atoms with Crippen LogP contribution in [0.2, 0.25) is 0 Å². The van der Waals surface area contributed by atoms with Gasteiger partial charge in [0.25, 0.3) is 0 Å². The number of nitrogen functional groups attached to an aromatic ring is 1. The lowest BCUT2D eigenvalue weighted by atomic mass is 10.2. The van der Waals surface area contributed by atoms with E-state index in [2.05, 4.69) is 9.97 Å². The highest BCUT2D eigenvalue weighted by Gasteiger charge is 2.02. The molecule has 0 spiro atoms. The molecule has 3 nitrogen and oxygen atoms in total. The Morgan fingerprint density at radius 2 is 1.83 bits per heavy atom. The molecule has 0 unspecified atom stereocenters. The Morgan fingerprint density at radius 3 is 2.61 bits per heavy atom. The fourth-order valence-corrected chi connectivity index (χ4v) is 2.60. The summed E-state index contributed by atoms with van der Waals surface area (Å²) in [6, 6.07) is 16.0. The highest BCUT2D eigenvalue weighted by molar-refractivity contribution is 7.98. The summed E-state index contributed by atoms with van der Waals surface area (Å²) >= 11 is 1.70. The molecule has 0 bridgehead atoms. The van der Waals surface area contributed by atoms with E-state index in [0.717, 1.165) is 27.6 Å². The zero-order valence-electron chi connectivity index (χ0n) is 9.76. The maximum absolute atomic E-state index is 5.66. The molecule has 0 atom stereocenters. The Kier molecular flexibility index (Phi) is 2.94. The minimum atomic E-state index is 0.799. The van der Waals surface area contributed by atoms with E-state index in [1.807, 2.05) is 48.5 Å². The number of aromatic amines is 1. The SMILES string of the molecule is Nc1ccc(CSc2nc3ccccc3[nH]2)cc1. The van der Waals surface area contributed by atoms with Crippen LogP contribution in [0.4, 0.5) is 5.69 Å². The van der Waals surface area contributed by atoms with Crippen LogP contribution in [0.5, 0.6) is 0 Å². The molecule has 0 aliphatic carbocycles. The number of hydrogen-bond donors (Lipinski definition) is 2. The summed E-state index contributed by atoms with van der Waals surface area (Å²) in [5.41, 5.74) is 9.80. The van der Waals surface area contributed by atoms with Gasteiger partial charge in [0.1, 0.15) is 0 Å². The number of hydrogen-bond acceptors (Lipinski definition) is 3. The molecule has 0 aliphatic heterocycles. The van der Waals surface area contributed by atoms with Crippen LogP contribution in [0.25, 0.3) is 11.0 Å². The molecule has 0 fully saturated rings. The van der Waals surface area contributed by atoms with E-state index < -0.39 is 0 Å². The Labute approximate surface area is 109 Å². The second kappa shape index (κ2) is 4.74. The van der Waals surface area contributed by atoms with Crippen LogP contribution in [-0.2, 0) is 5.75 Å². The second-order valence-corrected chi connectivity index (χ2v) is 5.05. The minimum Gasteiger partial charge on any atom is -0.399 e. The molecule has 18 heavy (non-hydrogen) atoms. The first kappa shape index (κ1) is 11.2. The molecule has 90 valence electrons. The molecule has 0 saturated carbocycles. The Bertz CT molecular complexity index is 625. The number of nitrogens with two attached hydrogens (primary N) is 1. The highest BCUT2D eigenvalue weighted by Crippen LogP contribution is 2.23. The standard InChI is InChI=1S/C14H13N3S/c15-11-7-5-10(6-8-11)9-18-14-16-12-3-1-2-4-13(12)17-14/h1-8H,9,15H2,(H,16,17). The largest absolute Gasteiger partial charge is 0.399 e. The van der Waals surface area contributed by atoms with Crippen molar-refractivity contribution in [2.75, 3.05) is 5.73 Å². The normalized spacial score (nSPS) is 10.9. The fourth-order valence-electron chi connectivity index (χ4n) is 1.76. The van der Waals surface area contributed by atoms with E-state index >= 15 is 0 Å². The van der Waals surface area contributed by atoms with Crippen molar-refractivity contribution in [1.29, 1.82) is 0 Å². The number of H-pyrrole nitrogens is 1. The lowest BCUT2D eigenvalue weighted by Crippen LogP contribution is -1.85. The van der Waals surface area contributed by atoms with Crippen molar-refractivity contribution in [2.24, 2.45) is 0 Å². The Balaban J connectivity index is 1.74. The van der Waals surface area contributed by atoms with Crippen LogP contribution in [-0.4, -0.2) is 9.97 Å². The zero-order chi connectivity index (χ0) is 12.4. The van der Waals surface area contributed by atoms with Gasteiger partial charge in [0.05, 0.1) is 11.0 Å². The number of imidazole rings is 1. The maximum atomic E-state index is 5.66. The summed E-state index contributed by atoms with van der Waals surface area (Å²) in [5, 5.41) is 0.952. The van der Waals surface area contributed by atoms with Crippen LogP contribution >= 0.6 is 11.8 Å². The van der Waals surface area contributed by atoms with Crippen molar-refractivity contribution < 1.29 is 0 Å². The Hall–Kier alpha value is -1.94. The first-order chi connectivity index (χ1) is 8.81. The molecular weight excluding hydrogens is 242 g/mol. The van der Waals surface area contributed by atoms with Crippen LogP contribution in [0, 0.1) is 0 Å². The molecule has 3 N–H and O–H groups in total. The summed E-state index contributed by atoms with van der Waals surface area (Å²) in [6.45, 7) is 0. The fraction of sp³-hybridized carbons (Fsp3) is 0.0714. The molecule has 1 aromatic heterocycles. The van der Waals surface area contributed by atoms with E-state index in [1.54, 1.807) is 11.8 Å². The smallest absolute Gasteiger partial charge is 0.166 e. The first-order valence-electron chi connectivity index (χ1n) is 5.73. The van der Waals surface area contributed by atoms with Crippen LogP contribution < -0.4 is 5.73 Å². The zero-order valence-corrected chi connectivity index (χ0v) is 10.6. The third-order valence-electron chi connectivity index (χ3n) is 2.72. The number of fused-ring (bicyclic) bond motifs is 1. The van der Waals surface area contributed by atoms with Gasteiger partial charge in [0, 0.05) is 11.4 Å². The number of benzene rings is 2. The number of nitrogens with zero attached hydrogens (tertiary/aromatic N) is 1. The third kappa shape index (κ3) is 2.33. The van der Waals surface area contributed by atoms with Gasteiger partial charge in [0.2, 0.25) is 0 Å². The van der Waals surface area contributed by atoms with E-state index in [9.17, 15) is 0 Å². The maximum Gasteiger partial charge on any atom is 0.166 e. The molecule has 4 heteroatoms. The molecule has 2 aromatic carbocycles. The van der Waals surface area contributed by atoms with Crippen molar-refractivity contribution in [1.82, 2.24) is 9.97 Å². The van der Waals surface area contributed by atoms with Crippen molar-refractivity contribution in [3.8, 4) is 0 Å². The third-order valence-corrected chi connectivity index (χ3v) is 3.67. The average Bonchev–Trinajstić information content (AvgIpc) is 2.81. The van der Waals surface area contributed by atoms with Gasteiger partial charge in [-0.05, 0) is 29.8 Å². The predicted octanol–water partition coefficient (Wildman–Crippen LogP) is 3.44. The first-order valence-corrected chi connectivity index (χ1v) is 6.72. The van der Waals surface area contributed by atoms with Crippen LogP contribution in [0.15, 0.2) is 53.7 Å². The van der Waals surface area contributed by atoms with E-state index in [1.165, 1.54) is 5.56 Å². The summed E-state index contributed by atoms with van der Waals surface area (Å²) in [5.74, 6) is 0.889. The van der Waals surface area contributed by atoms with Crippen molar-refractivity contribution in [3.05, 3.63) is 54.1 Å². The lowest BCUT2D eigenvalue weighted by molar-refractivity contribution is 1.08. The summed E-state index contributed by atoms with van der Waals surface area (Å²) in [4.78, 5) is 7.83. The quantitative estimate of drug-likeness (QED) is 0.557. The van der Waals surface area contributed by atoms with Gasteiger partial charge in [0.15, 0.2) is 5.16 Å². The van der Waals surface area contributed by atoms with Gasteiger partial charge in [-0.25, -0.2) is 4.98 Å². The van der Waals surface area contributed by atoms with Gasteiger partial charge in [-0.3, -0.25) is 0 Å². The van der Waals surface area contributed by atoms with Crippen molar-refractivity contribution in [2.45, 2.75) is 10.9 Å². The van der Waals surface area contributed by atoms with Gasteiger partial charge >= 0.3 is 0 Å². The highest BCUT2D eigenvalue weighted by atomic mass is 32.2. The molecule has 0 amide bonds. The topological polar surface area (TPSA) is 54.7 Å². The van der Waals surface area contributed by atoms with Crippen molar-refractivity contribution >= 4 is 28.5 Å². The van der Waals surface area contributed by atoms with Crippen molar-refractivity contribution in [3.63, 3.8) is 0 Å². The molecule has 1 heterocycles. The molecule has 3 aromatic rings. The van der Waals surface area contributed by atoms with E-state index in [0.29, 0.717) is 0 Å². The summed E-state index contributed by atoms with van der Waals surface area (Å²) in [7, 11) is 0. The average molecular weight is 255 g/mol. The summed E-state index contributed by atoms with van der Waals surface area (Å²) in [6.07, 6.45) is 0. The minimum absolute atomic E-state index is 0.799. The number of anilines is 1. The van der Waals surface area contributed by atoms with Gasteiger partial charge in [-0.2, -0.15) is 0 Å².